The van der Waals surface area contributed by atoms with Crippen LogP contribution in [0, 0.1) is 11.7 Å². The zero-order valence-corrected chi connectivity index (χ0v) is 11.3. The minimum absolute atomic E-state index is 0.165. The van der Waals surface area contributed by atoms with Crippen LogP contribution >= 0.6 is 15.9 Å². The summed E-state index contributed by atoms with van der Waals surface area (Å²) in [6.07, 6.45) is 5.66. The van der Waals surface area contributed by atoms with Crippen LogP contribution < -0.4 is 0 Å². The minimum Gasteiger partial charge on any atom is -0.299 e. The van der Waals surface area contributed by atoms with Crippen molar-refractivity contribution in [3.05, 3.63) is 34.1 Å². The topological polar surface area (TPSA) is 17.1 Å². The van der Waals surface area contributed by atoms with E-state index in [2.05, 4.69) is 15.9 Å². The maximum absolute atomic E-state index is 13.5. The monoisotopic (exact) mass is 298 g/mol. The highest BCUT2D eigenvalue weighted by Crippen LogP contribution is 2.28. The molecule has 0 bridgehead atoms. The van der Waals surface area contributed by atoms with Crippen molar-refractivity contribution >= 4 is 21.7 Å². The summed E-state index contributed by atoms with van der Waals surface area (Å²) in [5.41, 5.74) is 0.510. The number of carbonyl (C=O) groups excluding carboxylic acids is 1. The molecule has 0 saturated heterocycles. The van der Waals surface area contributed by atoms with Gasteiger partial charge in [-0.1, -0.05) is 47.7 Å². The molecule has 17 heavy (non-hydrogen) atoms. The van der Waals surface area contributed by atoms with Gasteiger partial charge < -0.3 is 0 Å². The summed E-state index contributed by atoms with van der Waals surface area (Å²) in [6, 6.07) is 4.88. The quantitative estimate of drug-likeness (QED) is 0.811. The van der Waals surface area contributed by atoms with Gasteiger partial charge in [-0.15, -0.1) is 0 Å². The second-order valence-electron chi connectivity index (χ2n) is 4.81. The molecule has 1 aromatic carbocycles. The number of halogens is 2. The number of ketones is 1. The van der Waals surface area contributed by atoms with E-state index in [4.69, 9.17) is 0 Å². The summed E-state index contributed by atoms with van der Waals surface area (Å²) < 4.78 is 14.3. The predicted octanol–water partition coefficient (Wildman–Crippen LogP) is 4.28. The van der Waals surface area contributed by atoms with Crippen molar-refractivity contribution in [3.8, 4) is 0 Å². The second kappa shape index (κ2) is 5.76. The average molecular weight is 299 g/mol. The molecule has 1 fully saturated rings. The SMILES string of the molecule is O=C(Cc1ccc(Br)cc1F)CC1CCCC1. The third-order valence-electron chi connectivity index (χ3n) is 3.39. The Kier molecular flexibility index (Phi) is 4.32. The molecule has 0 spiro atoms. The molecule has 92 valence electrons. The molecule has 1 saturated carbocycles. The smallest absolute Gasteiger partial charge is 0.137 e. The fourth-order valence-corrected chi connectivity index (χ4v) is 2.82. The van der Waals surface area contributed by atoms with Crippen LogP contribution in [0.3, 0.4) is 0 Å². The zero-order chi connectivity index (χ0) is 12.3. The molecule has 1 nitrogen and oxygen atoms in total. The van der Waals surface area contributed by atoms with Gasteiger partial charge in [0.1, 0.15) is 11.6 Å². The molecule has 0 aromatic heterocycles. The van der Waals surface area contributed by atoms with Crippen molar-refractivity contribution < 1.29 is 9.18 Å². The van der Waals surface area contributed by atoms with Crippen LogP contribution in [-0.2, 0) is 11.2 Å². The highest BCUT2D eigenvalue weighted by Gasteiger charge is 2.19. The van der Waals surface area contributed by atoms with Gasteiger partial charge in [-0.25, -0.2) is 4.39 Å². The number of hydrogen-bond donors (Lipinski definition) is 0. The maximum atomic E-state index is 13.5. The van der Waals surface area contributed by atoms with Gasteiger partial charge in [-0.2, -0.15) is 0 Å². The van der Waals surface area contributed by atoms with Crippen LogP contribution in [0.2, 0.25) is 0 Å². The first-order valence-electron chi connectivity index (χ1n) is 6.11. The third-order valence-corrected chi connectivity index (χ3v) is 3.89. The summed E-state index contributed by atoms with van der Waals surface area (Å²) in [7, 11) is 0. The Balaban J connectivity index is 1.93. The minimum atomic E-state index is -0.292. The van der Waals surface area contributed by atoms with E-state index >= 15 is 0 Å². The molecular formula is C14H16BrFO. The Morgan fingerprint density at radius 3 is 2.71 bits per heavy atom. The molecular weight excluding hydrogens is 283 g/mol. The molecule has 3 heteroatoms. The molecule has 0 heterocycles. The van der Waals surface area contributed by atoms with Crippen LogP contribution in [0.4, 0.5) is 4.39 Å². The van der Waals surface area contributed by atoms with Crippen molar-refractivity contribution in [3.63, 3.8) is 0 Å². The van der Waals surface area contributed by atoms with Gasteiger partial charge in [0, 0.05) is 17.3 Å². The average Bonchev–Trinajstić information content (AvgIpc) is 2.75. The molecule has 0 atom stereocenters. The summed E-state index contributed by atoms with van der Waals surface area (Å²) in [6.45, 7) is 0. The lowest BCUT2D eigenvalue weighted by Gasteiger charge is -2.08. The first kappa shape index (κ1) is 12.7. The molecule has 0 radical (unpaired) electrons. The largest absolute Gasteiger partial charge is 0.299 e. The van der Waals surface area contributed by atoms with E-state index in [0.717, 1.165) is 12.8 Å². The van der Waals surface area contributed by atoms with Crippen molar-refractivity contribution in [2.45, 2.75) is 38.5 Å². The Bertz CT molecular complexity index is 411. The lowest BCUT2D eigenvalue weighted by atomic mass is 9.97. The Morgan fingerprint density at radius 2 is 2.06 bits per heavy atom. The highest BCUT2D eigenvalue weighted by molar-refractivity contribution is 9.10. The van der Waals surface area contributed by atoms with Crippen LogP contribution in [0.15, 0.2) is 22.7 Å². The molecule has 1 aromatic rings. The number of benzene rings is 1. The lowest BCUT2D eigenvalue weighted by Crippen LogP contribution is -2.09. The Labute approximate surface area is 110 Å². The van der Waals surface area contributed by atoms with Gasteiger partial charge in [-0.05, 0) is 23.6 Å². The van der Waals surface area contributed by atoms with E-state index in [9.17, 15) is 9.18 Å². The number of hydrogen-bond acceptors (Lipinski definition) is 1. The molecule has 0 unspecified atom stereocenters. The zero-order valence-electron chi connectivity index (χ0n) is 9.72. The highest BCUT2D eigenvalue weighted by atomic mass is 79.9. The maximum Gasteiger partial charge on any atom is 0.137 e. The van der Waals surface area contributed by atoms with Gasteiger partial charge in [0.2, 0.25) is 0 Å². The van der Waals surface area contributed by atoms with Crippen LogP contribution in [0.1, 0.15) is 37.7 Å². The van der Waals surface area contributed by atoms with Crippen molar-refractivity contribution in [1.29, 1.82) is 0 Å². The Morgan fingerprint density at radius 1 is 1.35 bits per heavy atom. The Hall–Kier alpha value is -0.700. The second-order valence-corrected chi connectivity index (χ2v) is 5.72. The van der Waals surface area contributed by atoms with E-state index in [1.54, 1.807) is 12.1 Å². The van der Waals surface area contributed by atoms with E-state index in [-0.39, 0.29) is 18.0 Å². The molecule has 0 aliphatic heterocycles. The van der Waals surface area contributed by atoms with Crippen LogP contribution in [0.25, 0.3) is 0 Å². The van der Waals surface area contributed by atoms with Gasteiger partial charge in [0.15, 0.2) is 0 Å². The van der Waals surface area contributed by atoms with E-state index in [1.807, 2.05) is 0 Å². The molecule has 1 aliphatic rings. The fraction of sp³-hybridized carbons (Fsp3) is 0.500. The molecule has 0 N–H and O–H groups in total. The standard InChI is InChI=1S/C14H16BrFO/c15-12-6-5-11(14(16)9-12)8-13(17)7-10-3-1-2-4-10/h5-6,9-10H,1-4,7-8H2. The van der Waals surface area contributed by atoms with E-state index in [0.29, 0.717) is 22.4 Å². The summed E-state index contributed by atoms with van der Waals surface area (Å²) in [5.74, 6) is 0.415. The number of Topliss-reactive ketones (excluding diaryl/α,β-unsaturated/α-hetero) is 1. The first-order chi connectivity index (χ1) is 8.15. The lowest BCUT2D eigenvalue weighted by molar-refractivity contribution is -0.119. The van der Waals surface area contributed by atoms with Crippen LogP contribution in [-0.4, -0.2) is 5.78 Å². The van der Waals surface area contributed by atoms with Gasteiger partial charge >= 0.3 is 0 Å². The molecule has 0 amide bonds. The predicted molar refractivity (Wildman–Crippen MR) is 69.4 cm³/mol. The first-order valence-corrected chi connectivity index (χ1v) is 6.90. The van der Waals surface area contributed by atoms with E-state index in [1.165, 1.54) is 18.9 Å². The van der Waals surface area contributed by atoms with Gasteiger partial charge in [0.05, 0.1) is 0 Å². The third kappa shape index (κ3) is 3.63. The fourth-order valence-electron chi connectivity index (χ4n) is 2.49. The number of rotatable bonds is 4. The summed E-state index contributed by atoms with van der Waals surface area (Å²) >= 11 is 3.21. The van der Waals surface area contributed by atoms with Crippen molar-refractivity contribution in [2.75, 3.05) is 0 Å². The van der Waals surface area contributed by atoms with Gasteiger partial charge in [-0.3, -0.25) is 4.79 Å². The van der Waals surface area contributed by atoms with Crippen molar-refractivity contribution in [1.82, 2.24) is 0 Å². The van der Waals surface area contributed by atoms with Gasteiger partial charge in [0.25, 0.3) is 0 Å². The van der Waals surface area contributed by atoms with Crippen LogP contribution in [0.5, 0.6) is 0 Å². The normalized spacial score (nSPS) is 16.4. The summed E-state index contributed by atoms with van der Waals surface area (Å²) in [5, 5.41) is 0. The summed E-state index contributed by atoms with van der Waals surface area (Å²) in [4.78, 5) is 11.8. The molecule has 2 rings (SSSR count). The number of carbonyl (C=O) groups is 1. The van der Waals surface area contributed by atoms with E-state index < -0.39 is 0 Å². The molecule has 1 aliphatic carbocycles. The van der Waals surface area contributed by atoms with Crippen molar-refractivity contribution in [2.24, 2.45) is 5.92 Å².